The lowest BCUT2D eigenvalue weighted by molar-refractivity contribution is -0.116. The summed E-state index contributed by atoms with van der Waals surface area (Å²) in [5.74, 6) is 1.95. The number of hydrogen-bond donors (Lipinski definition) is 2. The van der Waals surface area contributed by atoms with Gasteiger partial charge in [-0.2, -0.15) is 5.10 Å². The predicted molar refractivity (Wildman–Crippen MR) is 123 cm³/mol. The number of aromatic nitrogens is 3. The van der Waals surface area contributed by atoms with Gasteiger partial charge in [-0.25, -0.2) is 4.68 Å². The standard InChI is InChI=1S/C24H25N5O2/c1-16(2)29-22(13-15-26-29)28-24(30)17(3)27-19-9-11-20(12-10-19)31-21-8-4-6-18-7-5-14-25-23(18)21/h4-17,27H,1-3H3,(H,28,30). The van der Waals surface area contributed by atoms with E-state index in [0.717, 1.165) is 16.6 Å². The molecule has 158 valence electrons. The first kappa shape index (κ1) is 20.4. The van der Waals surface area contributed by atoms with Crippen molar-refractivity contribution in [2.75, 3.05) is 10.6 Å². The van der Waals surface area contributed by atoms with Crippen LogP contribution in [0.3, 0.4) is 0 Å². The van der Waals surface area contributed by atoms with Gasteiger partial charge in [-0.05, 0) is 57.2 Å². The average Bonchev–Trinajstić information content (AvgIpc) is 3.24. The Balaban J connectivity index is 1.40. The Morgan fingerprint density at radius 3 is 2.52 bits per heavy atom. The Morgan fingerprint density at radius 1 is 0.968 bits per heavy atom. The fourth-order valence-corrected chi connectivity index (χ4v) is 3.28. The van der Waals surface area contributed by atoms with Crippen LogP contribution in [0.15, 0.2) is 73.1 Å². The first-order valence-corrected chi connectivity index (χ1v) is 10.2. The maximum atomic E-state index is 12.6. The van der Waals surface area contributed by atoms with E-state index in [4.69, 9.17) is 4.74 Å². The van der Waals surface area contributed by atoms with Crippen LogP contribution in [0.4, 0.5) is 11.5 Å². The summed E-state index contributed by atoms with van der Waals surface area (Å²) < 4.78 is 7.80. The van der Waals surface area contributed by atoms with Crippen LogP contribution in [0, 0.1) is 0 Å². The number of ether oxygens (including phenoxy) is 1. The fourth-order valence-electron chi connectivity index (χ4n) is 3.28. The van der Waals surface area contributed by atoms with Gasteiger partial charge in [0.1, 0.15) is 23.1 Å². The van der Waals surface area contributed by atoms with Crippen molar-refractivity contribution in [1.82, 2.24) is 14.8 Å². The van der Waals surface area contributed by atoms with Gasteiger partial charge in [0.25, 0.3) is 0 Å². The van der Waals surface area contributed by atoms with Gasteiger partial charge >= 0.3 is 0 Å². The third kappa shape index (κ3) is 4.66. The SMILES string of the molecule is CC(Nc1ccc(Oc2cccc3cccnc23)cc1)C(=O)Nc1ccnn1C(C)C. The number of nitrogens with one attached hydrogen (secondary N) is 2. The van der Waals surface area contributed by atoms with Crippen LogP contribution in [-0.2, 0) is 4.79 Å². The van der Waals surface area contributed by atoms with Gasteiger partial charge in [-0.15, -0.1) is 0 Å². The average molecular weight is 415 g/mol. The minimum atomic E-state index is -0.426. The molecule has 0 bridgehead atoms. The minimum Gasteiger partial charge on any atom is -0.455 e. The molecule has 2 N–H and O–H groups in total. The molecule has 0 radical (unpaired) electrons. The zero-order chi connectivity index (χ0) is 21.8. The van der Waals surface area contributed by atoms with E-state index in [2.05, 4.69) is 20.7 Å². The number of amides is 1. The predicted octanol–water partition coefficient (Wildman–Crippen LogP) is 5.24. The normalized spacial score (nSPS) is 12.0. The van der Waals surface area contributed by atoms with Crippen LogP contribution >= 0.6 is 0 Å². The number of fused-ring (bicyclic) bond motifs is 1. The van der Waals surface area contributed by atoms with Gasteiger partial charge in [-0.3, -0.25) is 9.78 Å². The molecular weight excluding hydrogens is 390 g/mol. The topological polar surface area (TPSA) is 81.1 Å². The Bertz CT molecular complexity index is 1180. The summed E-state index contributed by atoms with van der Waals surface area (Å²) >= 11 is 0. The highest BCUT2D eigenvalue weighted by Crippen LogP contribution is 2.29. The van der Waals surface area contributed by atoms with Gasteiger partial charge < -0.3 is 15.4 Å². The van der Waals surface area contributed by atoms with Crippen LogP contribution in [0.2, 0.25) is 0 Å². The number of carbonyl (C=O) groups is 1. The quantitative estimate of drug-likeness (QED) is 0.431. The summed E-state index contributed by atoms with van der Waals surface area (Å²) in [6, 6.07) is 18.8. The molecule has 2 aromatic heterocycles. The Kier molecular flexibility index (Phi) is 5.84. The lowest BCUT2D eigenvalue weighted by atomic mass is 10.2. The molecule has 4 aromatic rings. The maximum Gasteiger partial charge on any atom is 0.247 e. The third-order valence-electron chi connectivity index (χ3n) is 4.86. The monoisotopic (exact) mass is 415 g/mol. The minimum absolute atomic E-state index is 0.135. The highest BCUT2D eigenvalue weighted by atomic mass is 16.5. The van der Waals surface area contributed by atoms with E-state index in [1.54, 1.807) is 23.1 Å². The molecule has 0 saturated heterocycles. The molecule has 1 atom stereocenters. The molecule has 4 rings (SSSR count). The van der Waals surface area contributed by atoms with Crippen LogP contribution in [-0.4, -0.2) is 26.7 Å². The molecule has 7 heteroatoms. The molecule has 2 aromatic carbocycles. The van der Waals surface area contributed by atoms with Crippen molar-refractivity contribution in [2.45, 2.75) is 32.9 Å². The van der Waals surface area contributed by atoms with E-state index in [1.807, 2.05) is 75.4 Å². The Labute approximate surface area is 181 Å². The second-order valence-electron chi connectivity index (χ2n) is 7.57. The lowest BCUT2D eigenvalue weighted by Gasteiger charge is -2.17. The Hall–Kier alpha value is -3.87. The van der Waals surface area contributed by atoms with Gasteiger partial charge in [0, 0.05) is 29.4 Å². The molecule has 2 heterocycles. The van der Waals surface area contributed by atoms with Crippen molar-refractivity contribution in [2.24, 2.45) is 0 Å². The van der Waals surface area contributed by atoms with Gasteiger partial charge in [-0.1, -0.05) is 18.2 Å². The van der Waals surface area contributed by atoms with E-state index < -0.39 is 6.04 Å². The molecular formula is C24H25N5O2. The summed E-state index contributed by atoms with van der Waals surface area (Å²) in [5.41, 5.74) is 1.64. The second kappa shape index (κ2) is 8.87. The van der Waals surface area contributed by atoms with Crippen molar-refractivity contribution in [3.63, 3.8) is 0 Å². The number of para-hydroxylation sites is 1. The lowest BCUT2D eigenvalue weighted by Crippen LogP contribution is -2.32. The fraction of sp³-hybridized carbons (Fsp3) is 0.208. The van der Waals surface area contributed by atoms with Crippen molar-refractivity contribution < 1.29 is 9.53 Å². The molecule has 0 aliphatic carbocycles. The molecule has 0 spiro atoms. The molecule has 7 nitrogen and oxygen atoms in total. The zero-order valence-electron chi connectivity index (χ0n) is 17.7. The third-order valence-corrected chi connectivity index (χ3v) is 4.86. The second-order valence-corrected chi connectivity index (χ2v) is 7.57. The zero-order valence-corrected chi connectivity index (χ0v) is 17.7. The number of rotatable bonds is 7. The molecule has 31 heavy (non-hydrogen) atoms. The number of anilines is 2. The van der Waals surface area contributed by atoms with E-state index in [9.17, 15) is 4.79 Å². The summed E-state index contributed by atoms with van der Waals surface area (Å²) in [6.07, 6.45) is 3.43. The largest absolute Gasteiger partial charge is 0.455 e. The first-order chi connectivity index (χ1) is 15.0. The molecule has 0 aliphatic heterocycles. The van der Waals surface area contributed by atoms with Crippen LogP contribution in [0.25, 0.3) is 10.9 Å². The van der Waals surface area contributed by atoms with Crippen LogP contribution < -0.4 is 15.4 Å². The van der Waals surface area contributed by atoms with E-state index in [-0.39, 0.29) is 11.9 Å². The van der Waals surface area contributed by atoms with Crippen molar-refractivity contribution >= 4 is 28.3 Å². The van der Waals surface area contributed by atoms with Crippen molar-refractivity contribution in [3.05, 3.63) is 73.1 Å². The van der Waals surface area contributed by atoms with Crippen molar-refractivity contribution in [3.8, 4) is 11.5 Å². The van der Waals surface area contributed by atoms with E-state index in [0.29, 0.717) is 17.3 Å². The summed E-state index contributed by atoms with van der Waals surface area (Å²) in [6.45, 7) is 5.85. The highest BCUT2D eigenvalue weighted by Gasteiger charge is 2.16. The van der Waals surface area contributed by atoms with Gasteiger partial charge in [0.15, 0.2) is 5.75 Å². The highest BCUT2D eigenvalue weighted by molar-refractivity contribution is 5.95. The summed E-state index contributed by atoms with van der Waals surface area (Å²) in [7, 11) is 0. The number of pyridine rings is 1. The van der Waals surface area contributed by atoms with Crippen molar-refractivity contribution in [1.29, 1.82) is 0 Å². The number of hydrogen-bond acceptors (Lipinski definition) is 5. The summed E-state index contributed by atoms with van der Waals surface area (Å²) in [4.78, 5) is 17.0. The maximum absolute atomic E-state index is 12.6. The van der Waals surface area contributed by atoms with Crippen LogP contribution in [0.5, 0.6) is 11.5 Å². The van der Waals surface area contributed by atoms with Crippen LogP contribution in [0.1, 0.15) is 26.8 Å². The number of benzene rings is 2. The Morgan fingerprint density at radius 2 is 1.74 bits per heavy atom. The van der Waals surface area contributed by atoms with Gasteiger partial charge in [0.2, 0.25) is 5.91 Å². The van der Waals surface area contributed by atoms with E-state index >= 15 is 0 Å². The first-order valence-electron chi connectivity index (χ1n) is 10.2. The molecule has 0 saturated carbocycles. The molecule has 1 amide bonds. The number of carbonyl (C=O) groups excluding carboxylic acids is 1. The molecule has 1 unspecified atom stereocenters. The molecule has 0 fully saturated rings. The van der Waals surface area contributed by atoms with Gasteiger partial charge in [0.05, 0.1) is 6.20 Å². The molecule has 0 aliphatic rings. The summed E-state index contributed by atoms with van der Waals surface area (Å²) in [5, 5.41) is 11.4. The van der Waals surface area contributed by atoms with E-state index in [1.165, 1.54) is 0 Å². The smallest absolute Gasteiger partial charge is 0.247 e. The number of nitrogens with zero attached hydrogens (tertiary/aromatic N) is 3.